The molecule has 2 aliphatic rings. The standard InChI is InChI=1S/C12H22N2O4S/c1-9-4-3-6-13(8-9)19(17,18)14-7-5-10(2)11(14)12(15)16/h9-11H,3-8H2,1-2H3,(H,15,16). The van der Waals surface area contributed by atoms with E-state index in [0.29, 0.717) is 32.0 Å². The van der Waals surface area contributed by atoms with Gasteiger partial charge in [-0.2, -0.15) is 17.0 Å². The second-order valence-corrected chi connectivity index (χ2v) is 7.65. The molecule has 0 aromatic heterocycles. The first-order valence-corrected chi connectivity index (χ1v) is 8.23. The average molecular weight is 290 g/mol. The molecule has 2 fully saturated rings. The quantitative estimate of drug-likeness (QED) is 0.832. The lowest BCUT2D eigenvalue weighted by Gasteiger charge is -2.34. The molecule has 0 saturated carbocycles. The first-order chi connectivity index (χ1) is 8.84. The second-order valence-electron chi connectivity index (χ2n) is 5.77. The molecular weight excluding hydrogens is 268 g/mol. The maximum absolute atomic E-state index is 12.6. The summed E-state index contributed by atoms with van der Waals surface area (Å²) in [4.78, 5) is 11.3. The fraction of sp³-hybridized carbons (Fsp3) is 0.917. The molecule has 0 aliphatic carbocycles. The molecule has 2 aliphatic heterocycles. The molecule has 3 unspecified atom stereocenters. The molecule has 0 bridgehead atoms. The highest BCUT2D eigenvalue weighted by atomic mass is 32.2. The van der Waals surface area contributed by atoms with Gasteiger partial charge in [0, 0.05) is 19.6 Å². The molecule has 0 aromatic carbocycles. The van der Waals surface area contributed by atoms with E-state index in [4.69, 9.17) is 0 Å². The van der Waals surface area contributed by atoms with Gasteiger partial charge in [0.1, 0.15) is 6.04 Å². The van der Waals surface area contributed by atoms with Crippen LogP contribution in [0, 0.1) is 11.8 Å². The van der Waals surface area contributed by atoms with Crippen LogP contribution < -0.4 is 0 Å². The zero-order valence-corrected chi connectivity index (χ0v) is 12.3. The minimum absolute atomic E-state index is 0.130. The molecule has 1 N–H and O–H groups in total. The summed E-state index contributed by atoms with van der Waals surface area (Å²) >= 11 is 0. The Kier molecular flexibility index (Phi) is 4.17. The van der Waals surface area contributed by atoms with Crippen molar-refractivity contribution in [1.29, 1.82) is 0 Å². The van der Waals surface area contributed by atoms with E-state index in [1.54, 1.807) is 6.92 Å². The number of nitrogens with zero attached hydrogens (tertiary/aromatic N) is 2. The number of carboxylic acid groups (broad SMARTS) is 1. The van der Waals surface area contributed by atoms with E-state index in [0.717, 1.165) is 12.8 Å². The van der Waals surface area contributed by atoms with Crippen LogP contribution in [0.5, 0.6) is 0 Å². The molecule has 3 atom stereocenters. The monoisotopic (exact) mass is 290 g/mol. The van der Waals surface area contributed by atoms with Crippen molar-refractivity contribution in [2.45, 2.75) is 39.2 Å². The number of hydrogen-bond acceptors (Lipinski definition) is 3. The van der Waals surface area contributed by atoms with Gasteiger partial charge in [-0.1, -0.05) is 13.8 Å². The number of carbonyl (C=O) groups is 1. The van der Waals surface area contributed by atoms with E-state index in [1.165, 1.54) is 8.61 Å². The Balaban J connectivity index is 2.21. The number of hydrogen-bond donors (Lipinski definition) is 1. The van der Waals surface area contributed by atoms with E-state index in [1.807, 2.05) is 6.92 Å². The number of carboxylic acids is 1. The van der Waals surface area contributed by atoms with Crippen LogP contribution in [0.4, 0.5) is 0 Å². The molecule has 110 valence electrons. The van der Waals surface area contributed by atoms with E-state index in [-0.39, 0.29) is 5.92 Å². The third kappa shape index (κ3) is 2.78. The van der Waals surface area contributed by atoms with Crippen molar-refractivity contribution in [3.63, 3.8) is 0 Å². The van der Waals surface area contributed by atoms with Crippen LogP contribution in [0.15, 0.2) is 0 Å². The van der Waals surface area contributed by atoms with Crippen molar-refractivity contribution < 1.29 is 18.3 Å². The molecule has 0 spiro atoms. The van der Waals surface area contributed by atoms with Gasteiger partial charge in [0.05, 0.1) is 0 Å². The average Bonchev–Trinajstić information content (AvgIpc) is 2.72. The Morgan fingerprint density at radius 3 is 2.47 bits per heavy atom. The second kappa shape index (κ2) is 5.38. The van der Waals surface area contributed by atoms with Gasteiger partial charge in [-0.25, -0.2) is 0 Å². The third-order valence-corrected chi connectivity index (χ3v) is 6.14. The molecule has 2 heterocycles. The molecule has 6 nitrogen and oxygen atoms in total. The van der Waals surface area contributed by atoms with Gasteiger partial charge in [0.25, 0.3) is 10.2 Å². The molecule has 2 rings (SSSR count). The summed E-state index contributed by atoms with van der Waals surface area (Å²) in [5.41, 5.74) is 0. The summed E-state index contributed by atoms with van der Waals surface area (Å²) < 4.78 is 27.8. The van der Waals surface area contributed by atoms with E-state index in [2.05, 4.69) is 0 Å². The maximum atomic E-state index is 12.6. The van der Waals surface area contributed by atoms with Gasteiger partial charge < -0.3 is 5.11 Å². The number of piperidine rings is 1. The van der Waals surface area contributed by atoms with Crippen LogP contribution in [0.25, 0.3) is 0 Å². The smallest absolute Gasteiger partial charge is 0.322 e. The Hall–Kier alpha value is -0.660. The van der Waals surface area contributed by atoms with Crippen molar-refractivity contribution in [3.8, 4) is 0 Å². The molecule has 0 amide bonds. The van der Waals surface area contributed by atoms with E-state index in [9.17, 15) is 18.3 Å². The lowest BCUT2D eigenvalue weighted by atomic mass is 10.0. The van der Waals surface area contributed by atoms with Crippen LogP contribution in [-0.2, 0) is 15.0 Å². The van der Waals surface area contributed by atoms with Gasteiger partial charge in [-0.05, 0) is 31.1 Å². The first-order valence-electron chi connectivity index (χ1n) is 6.83. The number of aliphatic carboxylic acids is 1. The molecule has 0 radical (unpaired) electrons. The minimum atomic E-state index is -3.64. The zero-order chi connectivity index (χ0) is 14.2. The van der Waals surface area contributed by atoms with Crippen molar-refractivity contribution in [2.75, 3.05) is 19.6 Å². The van der Waals surface area contributed by atoms with Gasteiger partial charge >= 0.3 is 5.97 Å². The summed E-state index contributed by atoms with van der Waals surface area (Å²) in [5, 5.41) is 9.24. The molecule has 7 heteroatoms. The Morgan fingerprint density at radius 1 is 1.21 bits per heavy atom. The third-order valence-electron chi connectivity index (χ3n) is 4.15. The van der Waals surface area contributed by atoms with Crippen LogP contribution in [0.1, 0.15) is 33.1 Å². The molecule has 2 saturated heterocycles. The van der Waals surface area contributed by atoms with Crippen molar-refractivity contribution >= 4 is 16.2 Å². The normalized spacial score (nSPS) is 34.5. The topological polar surface area (TPSA) is 77.9 Å². The van der Waals surface area contributed by atoms with Crippen LogP contribution in [0.2, 0.25) is 0 Å². The highest BCUT2D eigenvalue weighted by molar-refractivity contribution is 7.86. The van der Waals surface area contributed by atoms with E-state index >= 15 is 0 Å². The summed E-state index contributed by atoms with van der Waals surface area (Å²) in [6.45, 7) is 5.14. The molecule has 0 aromatic rings. The summed E-state index contributed by atoms with van der Waals surface area (Å²) in [7, 11) is -3.64. The lowest BCUT2D eigenvalue weighted by molar-refractivity contribution is -0.141. The van der Waals surface area contributed by atoms with Crippen molar-refractivity contribution in [2.24, 2.45) is 11.8 Å². The van der Waals surface area contributed by atoms with E-state index < -0.39 is 22.2 Å². The highest BCUT2D eigenvalue weighted by Gasteiger charge is 2.45. The fourth-order valence-corrected chi connectivity index (χ4v) is 5.06. The SMILES string of the molecule is CC1CCCN(S(=O)(=O)N2CCC(C)C2C(=O)O)C1. The van der Waals surface area contributed by atoms with Crippen LogP contribution in [-0.4, -0.2) is 53.8 Å². The van der Waals surface area contributed by atoms with Gasteiger partial charge in [0.15, 0.2) is 0 Å². The predicted octanol–water partition coefficient (Wildman–Crippen LogP) is 0.758. The Bertz CT molecular complexity index is 451. The summed E-state index contributed by atoms with van der Waals surface area (Å²) in [6.07, 6.45) is 2.49. The van der Waals surface area contributed by atoms with Gasteiger partial charge in [-0.15, -0.1) is 0 Å². The van der Waals surface area contributed by atoms with Gasteiger partial charge in [-0.3, -0.25) is 4.79 Å². The van der Waals surface area contributed by atoms with Crippen LogP contribution >= 0.6 is 0 Å². The Labute approximate surface area is 114 Å². The zero-order valence-electron chi connectivity index (χ0n) is 11.4. The maximum Gasteiger partial charge on any atom is 0.322 e. The molecule has 19 heavy (non-hydrogen) atoms. The summed E-state index contributed by atoms with van der Waals surface area (Å²) in [6, 6.07) is -0.915. The number of rotatable bonds is 3. The molecular formula is C12H22N2O4S. The highest BCUT2D eigenvalue weighted by Crippen LogP contribution is 2.30. The van der Waals surface area contributed by atoms with Crippen molar-refractivity contribution in [3.05, 3.63) is 0 Å². The summed E-state index contributed by atoms with van der Waals surface area (Å²) in [5.74, 6) is -0.833. The largest absolute Gasteiger partial charge is 0.480 e. The lowest BCUT2D eigenvalue weighted by Crippen LogP contribution is -2.51. The van der Waals surface area contributed by atoms with Crippen molar-refractivity contribution in [1.82, 2.24) is 8.61 Å². The predicted molar refractivity (Wildman–Crippen MR) is 70.8 cm³/mol. The first kappa shape index (κ1) is 14.7. The van der Waals surface area contributed by atoms with Gasteiger partial charge in [0.2, 0.25) is 0 Å². The fourth-order valence-electron chi connectivity index (χ4n) is 3.04. The Morgan fingerprint density at radius 2 is 1.89 bits per heavy atom. The minimum Gasteiger partial charge on any atom is -0.480 e. The van der Waals surface area contributed by atoms with Crippen LogP contribution in [0.3, 0.4) is 0 Å².